The van der Waals surface area contributed by atoms with Crippen molar-refractivity contribution in [3.63, 3.8) is 0 Å². The van der Waals surface area contributed by atoms with E-state index in [4.69, 9.17) is 10.5 Å². The summed E-state index contributed by atoms with van der Waals surface area (Å²) in [5, 5.41) is 9.20. The molecular formula is C15H14F2N4O4. The van der Waals surface area contributed by atoms with Gasteiger partial charge in [-0.25, -0.2) is 8.78 Å². The van der Waals surface area contributed by atoms with Gasteiger partial charge in [0.1, 0.15) is 11.5 Å². The third-order valence-electron chi connectivity index (χ3n) is 3.88. The Bertz CT molecular complexity index is 987. The predicted molar refractivity (Wildman–Crippen MR) is 82.6 cm³/mol. The topological polar surface area (TPSA) is 123 Å². The molecule has 1 aliphatic heterocycles. The summed E-state index contributed by atoms with van der Waals surface area (Å²) in [6.07, 6.45) is -3.79. The molecule has 8 nitrogen and oxygen atoms in total. The van der Waals surface area contributed by atoms with Gasteiger partial charge in [-0.3, -0.25) is 19.1 Å². The maximum Gasteiger partial charge on any atom is 0.275 e. The van der Waals surface area contributed by atoms with Gasteiger partial charge in [-0.2, -0.15) is 4.98 Å². The predicted octanol–water partition coefficient (Wildman–Crippen LogP) is 0.0248. The number of carbonyl (C=O) groups excluding carboxylic acids is 1. The molecule has 3 heterocycles. The van der Waals surface area contributed by atoms with Crippen molar-refractivity contribution in [2.24, 2.45) is 0 Å². The Kier molecular flexibility index (Phi) is 3.85. The molecule has 1 aliphatic rings. The highest BCUT2D eigenvalue weighted by Gasteiger charge is 2.59. The molecule has 25 heavy (non-hydrogen) atoms. The lowest BCUT2D eigenvalue weighted by atomic mass is 9.96. The molecule has 0 aliphatic carbocycles. The highest BCUT2D eigenvalue weighted by Crippen LogP contribution is 2.41. The Morgan fingerprint density at radius 2 is 2.24 bits per heavy atom. The third kappa shape index (κ3) is 2.40. The lowest BCUT2D eigenvalue weighted by Gasteiger charge is -2.21. The average Bonchev–Trinajstić information content (AvgIpc) is 2.96. The van der Waals surface area contributed by atoms with E-state index in [9.17, 15) is 19.1 Å². The lowest BCUT2D eigenvalue weighted by molar-refractivity contribution is -0.130. The van der Waals surface area contributed by atoms with Crippen molar-refractivity contribution < 1.29 is 23.4 Å². The maximum absolute atomic E-state index is 15.4. The number of alkyl halides is 1. The van der Waals surface area contributed by atoms with Crippen LogP contribution in [0.5, 0.6) is 0 Å². The molecule has 0 spiro atoms. The number of ether oxygens (including phenoxy) is 1. The van der Waals surface area contributed by atoms with E-state index in [1.54, 1.807) is 0 Å². The van der Waals surface area contributed by atoms with E-state index in [1.165, 1.54) is 13.8 Å². The number of H-pyrrole nitrogens is 1. The molecule has 0 radical (unpaired) electrons. The van der Waals surface area contributed by atoms with E-state index in [0.29, 0.717) is 0 Å². The van der Waals surface area contributed by atoms with Gasteiger partial charge in [0.2, 0.25) is 11.7 Å². The van der Waals surface area contributed by atoms with Gasteiger partial charge in [0, 0.05) is 6.20 Å². The number of fused-ring (bicyclic) bond motifs is 1. The van der Waals surface area contributed by atoms with E-state index in [2.05, 4.69) is 21.8 Å². The number of aliphatic hydroxyl groups is 1. The first kappa shape index (κ1) is 17.1. The van der Waals surface area contributed by atoms with Crippen molar-refractivity contribution >= 4 is 22.8 Å². The van der Waals surface area contributed by atoms with Gasteiger partial charge >= 0.3 is 0 Å². The maximum atomic E-state index is 15.4. The van der Waals surface area contributed by atoms with Crippen LogP contribution in [-0.4, -0.2) is 43.3 Å². The largest absolute Gasteiger partial charge is 0.390 e. The highest BCUT2D eigenvalue weighted by atomic mass is 19.1. The fourth-order valence-corrected chi connectivity index (χ4v) is 2.83. The summed E-state index contributed by atoms with van der Waals surface area (Å²) in [5.41, 5.74) is 1.44. The van der Waals surface area contributed by atoms with Crippen molar-refractivity contribution in [3.05, 3.63) is 22.4 Å². The molecular weight excluding hydrogens is 338 g/mol. The quantitative estimate of drug-likeness (QED) is 0.655. The van der Waals surface area contributed by atoms with Crippen LogP contribution < -0.4 is 11.3 Å². The number of Topliss-reactive ketones (excluding diaryl/α,β-unsaturated/α-hetero) is 1. The Hall–Kier alpha value is -2.77. The van der Waals surface area contributed by atoms with Gasteiger partial charge in [-0.1, -0.05) is 0 Å². The number of hydrogen-bond acceptors (Lipinski definition) is 6. The monoisotopic (exact) mass is 352 g/mol. The number of aliphatic hydroxyl groups excluding tert-OH is 1. The standard InChI is InChI=1S/C15H14F2N4O4/c1-3-4-15(17)10(23)9(6(2)22)25-13(15)21-5-7(16)8-11(21)19-14(18)20-12(8)24/h5-6,9,13,22H,1-2H3,(H3,18,19,20,24)/t6-,9-,13-,15?/m1/s1. The fourth-order valence-electron chi connectivity index (χ4n) is 2.83. The van der Waals surface area contributed by atoms with Gasteiger partial charge < -0.3 is 15.6 Å². The van der Waals surface area contributed by atoms with Crippen LogP contribution >= 0.6 is 0 Å². The van der Waals surface area contributed by atoms with E-state index < -0.39 is 46.7 Å². The number of rotatable bonds is 2. The first-order valence-corrected chi connectivity index (χ1v) is 7.27. The van der Waals surface area contributed by atoms with E-state index in [-0.39, 0.29) is 11.6 Å². The van der Waals surface area contributed by atoms with Crippen molar-refractivity contribution in [1.82, 2.24) is 14.5 Å². The van der Waals surface area contributed by atoms with Crippen molar-refractivity contribution in [3.8, 4) is 11.8 Å². The number of aromatic amines is 1. The second-order valence-electron chi connectivity index (χ2n) is 5.63. The summed E-state index contributed by atoms with van der Waals surface area (Å²) in [7, 11) is 0. The molecule has 132 valence electrons. The van der Waals surface area contributed by atoms with Crippen LogP contribution in [0.25, 0.3) is 11.0 Å². The Labute approximate surface area is 139 Å². The van der Waals surface area contributed by atoms with E-state index in [0.717, 1.165) is 10.8 Å². The van der Waals surface area contributed by atoms with Crippen LogP contribution in [0, 0.1) is 17.7 Å². The molecule has 0 saturated carbocycles. The van der Waals surface area contributed by atoms with Crippen LogP contribution in [0.1, 0.15) is 20.1 Å². The highest BCUT2D eigenvalue weighted by molar-refractivity contribution is 5.97. The molecule has 1 unspecified atom stereocenters. The van der Waals surface area contributed by atoms with Crippen LogP contribution in [0.15, 0.2) is 11.0 Å². The molecule has 1 saturated heterocycles. The molecule has 4 N–H and O–H groups in total. The van der Waals surface area contributed by atoms with Crippen LogP contribution in [-0.2, 0) is 9.53 Å². The normalized spacial score (nSPS) is 27.3. The molecule has 0 aromatic carbocycles. The number of nitrogens with zero attached hydrogens (tertiary/aromatic N) is 2. The minimum absolute atomic E-state index is 0.303. The number of halogens is 2. The SMILES string of the molecule is CC#CC1(F)C(=O)[C@@H]([C@@H](C)O)O[C@H]1n1cc(F)c2c(=O)[nH]c(N)nc21. The number of nitrogen functional groups attached to an aromatic ring is 1. The molecule has 1 fully saturated rings. The lowest BCUT2D eigenvalue weighted by Crippen LogP contribution is -2.39. The molecule has 0 bridgehead atoms. The summed E-state index contributed by atoms with van der Waals surface area (Å²) >= 11 is 0. The molecule has 3 rings (SSSR count). The first-order valence-electron chi connectivity index (χ1n) is 7.27. The summed E-state index contributed by atoms with van der Waals surface area (Å²) in [5.74, 6) is 2.00. The summed E-state index contributed by atoms with van der Waals surface area (Å²) in [6, 6.07) is 0. The zero-order valence-corrected chi connectivity index (χ0v) is 13.2. The minimum atomic E-state index is -2.85. The number of carbonyl (C=O) groups is 1. The smallest absolute Gasteiger partial charge is 0.275 e. The number of anilines is 1. The molecule has 2 aromatic heterocycles. The van der Waals surface area contributed by atoms with Gasteiger partial charge in [-0.15, -0.1) is 5.92 Å². The van der Waals surface area contributed by atoms with E-state index in [1.807, 2.05) is 0 Å². The van der Waals surface area contributed by atoms with Crippen LogP contribution in [0.3, 0.4) is 0 Å². The van der Waals surface area contributed by atoms with E-state index >= 15 is 4.39 Å². The van der Waals surface area contributed by atoms with Gasteiger partial charge in [0.25, 0.3) is 11.2 Å². The average molecular weight is 352 g/mol. The Morgan fingerprint density at radius 1 is 1.56 bits per heavy atom. The van der Waals surface area contributed by atoms with Gasteiger partial charge in [-0.05, 0) is 19.8 Å². The van der Waals surface area contributed by atoms with Gasteiger partial charge in [0.05, 0.1) is 6.10 Å². The van der Waals surface area contributed by atoms with Crippen molar-refractivity contribution in [2.45, 2.75) is 38.0 Å². The number of nitrogens with two attached hydrogens (primary N) is 1. The zero-order chi connectivity index (χ0) is 18.5. The second kappa shape index (κ2) is 5.65. The summed E-state index contributed by atoms with van der Waals surface area (Å²) in [4.78, 5) is 30.1. The summed E-state index contributed by atoms with van der Waals surface area (Å²) in [6.45, 7) is 2.57. The van der Waals surface area contributed by atoms with Crippen molar-refractivity contribution in [2.75, 3.05) is 5.73 Å². The number of nitrogens with one attached hydrogen (secondary N) is 1. The number of aromatic nitrogens is 3. The minimum Gasteiger partial charge on any atom is -0.390 e. The molecule has 4 atom stereocenters. The number of ketones is 1. The van der Waals surface area contributed by atoms with Crippen molar-refractivity contribution in [1.29, 1.82) is 0 Å². The van der Waals surface area contributed by atoms with Gasteiger partial charge in [0.15, 0.2) is 17.7 Å². The van der Waals surface area contributed by atoms with Crippen LogP contribution in [0.2, 0.25) is 0 Å². The molecule has 10 heteroatoms. The summed E-state index contributed by atoms with van der Waals surface area (Å²) < 4.78 is 35.7. The fraction of sp³-hybridized carbons (Fsp3) is 0.400. The Balaban J connectivity index is 2.27. The Morgan fingerprint density at radius 3 is 2.84 bits per heavy atom. The second-order valence-corrected chi connectivity index (χ2v) is 5.63. The first-order chi connectivity index (χ1) is 11.7. The zero-order valence-electron chi connectivity index (χ0n) is 13.2. The third-order valence-corrected chi connectivity index (χ3v) is 3.88. The molecule has 2 aromatic rings. The number of hydrogen-bond donors (Lipinski definition) is 3. The van der Waals surface area contributed by atoms with Crippen LogP contribution in [0.4, 0.5) is 14.7 Å². The molecule has 0 amide bonds.